The van der Waals surface area contributed by atoms with E-state index < -0.39 is 0 Å². The summed E-state index contributed by atoms with van der Waals surface area (Å²) < 4.78 is 5.37. The first-order chi connectivity index (χ1) is 10.2. The highest BCUT2D eigenvalue weighted by Gasteiger charge is 2.08. The van der Waals surface area contributed by atoms with Crippen molar-refractivity contribution in [1.82, 2.24) is 10.6 Å². The minimum Gasteiger partial charge on any atom is -0.484 e. The number of nitriles is 1. The van der Waals surface area contributed by atoms with Gasteiger partial charge in [-0.1, -0.05) is 26.0 Å². The fraction of sp³-hybridized carbons (Fsp3) is 0.500. The number of amides is 1. The molecule has 0 heterocycles. The van der Waals surface area contributed by atoms with E-state index in [0.717, 1.165) is 19.4 Å². The van der Waals surface area contributed by atoms with Crippen molar-refractivity contribution in [2.45, 2.75) is 32.7 Å². The van der Waals surface area contributed by atoms with Gasteiger partial charge in [0.15, 0.2) is 6.61 Å². The summed E-state index contributed by atoms with van der Waals surface area (Å²) in [5.74, 6) is 0.355. The van der Waals surface area contributed by atoms with Gasteiger partial charge in [0.05, 0.1) is 6.07 Å². The molecular weight excluding hydrogens is 266 g/mol. The Morgan fingerprint density at radius 3 is 2.62 bits per heavy atom. The quantitative estimate of drug-likeness (QED) is 0.683. The second-order valence-electron chi connectivity index (χ2n) is 4.71. The van der Waals surface area contributed by atoms with E-state index >= 15 is 0 Å². The first kappa shape index (κ1) is 17.0. The Labute approximate surface area is 126 Å². The third-order valence-electron chi connectivity index (χ3n) is 3.07. The zero-order valence-electron chi connectivity index (χ0n) is 12.7. The summed E-state index contributed by atoms with van der Waals surface area (Å²) >= 11 is 0. The molecule has 0 saturated carbocycles. The molecule has 1 aromatic rings. The molecular formula is C16H23N3O2. The number of carbonyl (C=O) groups is 1. The second kappa shape index (κ2) is 9.78. The zero-order valence-corrected chi connectivity index (χ0v) is 12.7. The summed E-state index contributed by atoms with van der Waals surface area (Å²) in [6.07, 6.45) is 2.13. The first-order valence-corrected chi connectivity index (χ1v) is 7.31. The number of hydrogen-bond donors (Lipinski definition) is 2. The molecule has 5 nitrogen and oxygen atoms in total. The first-order valence-electron chi connectivity index (χ1n) is 7.31. The van der Waals surface area contributed by atoms with E-state index in [1.165, 1.54) is 5.56 Å². The smallest absolute Gasteiger partial charge is 0.258 e. The maximum absolute atomic E-state index is 11.3. The highest BCUT2D eigenvalue weighted by Crippen LogP contribution is 2.20. The van der Waals surface area contributed by atoms with E-state index in [2.05, 4.69) is 24.5 Å². The molecule has 0 bridgehead atoms. The molecule has 2 N–H and O–H groups in total. The Morgan fingerprint density at radius 1 is 1.33 bits per heavy atom. The van der Waals surface area contributed by atoms with Crippen molar-refractivity contribution < 1.29 is 9.53 Å². The van der Waals surface area contributed by atoms with Crippen molar-refractivity contribution in [2.24, 2.45) is 0 Å². The Balaban J connectivity index is 2.49. The summed E-state index contributed by atoms with van der Waals surface area (Å²) in [7, 11) is 0. The summed E-state index contributed by atoms with van der Waals surface area (Å²) in [6, 6.07) is 9.95. The van der Waals surface area contributed by atoms with Crippen LogP contribution in [0, 0.1) is 11.3 Å². The molecule has 5 heteroatoms. The Bertz CT molecular complexity index is 465. The van der Waals surface area contributed by atoms with Gasteiger partial charge in [-0.2, -0.15) is 5.26 Å². The average molecular weight is 289 g/mol. The van der Waals surface area contributed by atoms with Gasteiger partial charge in [0.1, 0.15) is 12.3 Å². The SMILES string of the molecule is CCCNC(CC)c1ccc(OCC(=O)NCC#N)cc1. The maximum Gasteiger partial charge on any atom is 0.258 e. The van der Waals surface area contributed by atoms with Crippen LogP contribution in [0.15, 0.2) is 24.3 Å². The predicted octanol–water partition coefficient (Wildman–Crippen LogP) is 2.16. The molecule has 0 aliphatic carbocycles. The number of ether oxygens (including phenoxy) is 1. The zero-order chi connectivity index (χ0) is 15.5. The normalized spacial score (nSPS) is 11.5. The van der Waals surface area contributed by atoms with Crippen molar-refractivity contribution in [3.63, 3.8) is 0 Å². The number of benzene rings is 1. The van der Waals surface area contributed by atoms with E-state index in [1.54, 1.807) is 0 Å². The van der Waals surface area contributed by atoms with Crippen LogP contribution in [0.5, 0.6) is 5.75 Å². The van der Waals surface area contributed by atoms with E-state index in [1.807, 2.05) is 30.3 Å². The van der Waals surface area contributed by atoms with Gasteiger partial charge < -0.3 is 15.4 Å². The van der Waals surface area contributed by atoms with Crippen LogP contribution in [0.1, 0.15) is 38.3 Å². The number of nitrogens with zero attached hydrogens (tertiary/aromatic N) is 1. The molecule has 0 fully saturated rings. The van der Waals surface area contributed by atoms with E-state index in [-0.39, 0.29) is 19.1 Å². The third-order valence-corrected chi connectivity index (χ3v) is 3.07. The van der Waals surface area contributed by atoms with Crippen molar-refractivity contribution in [2.75, 3.05) is 19.7 Å². The summed E-state index contributed by atoms with van der Waals surface area (Å²) in [5.41, 5.74) is 1.22. The van der Waals surface area contributed by atoms with Crippen LogP contribution in [0.25, 0.3) is 0 Å². The van der Waals surface area contributed by atoms with E-state index in [9.17, 15) is 4.79 Å². The Kier molecular flexibility index (Phi) is 7.92. The fourth-order valence-corrected chi connectivity index (χ4v) is 1.95. The number of nitrogens with one attached hydrogen (secondary N) is 2. The average Bonchev–Trinajstić information content (AvgIpc) is 2.52. The Morgan fingerprint density at radius 2 is 2.05 bits per heavy atom. The molecule has 0 aliphatic rings. The molecule has 114 valence electrons. The highest BCUT2D eigenvalue weighted by atomic mass is 16.5. The summed E-state index contributed by atoms with van der Waals surface area (Å²) in [5, 5.41) is 14.3. The monoisotopic (exact) mass is 289 g/mol. The predicted molar refractivity (Wildman–Crippen MR) is 81.9 cm³/mol. The van der Waals surface area contributed by atoms with Crippen LogP contribution in [0.2, 0.25) is 0 Å². The lowest BCUT2D eigenvalue weighted by atomic mass is 10.0. The van der Waals surface area contributed by atoms with Gasteiger partial charge in [-0.05, 0) is 37.1 Å². The lowest BCUT2D eigenvalue weighted by molar-refractivity contribution is -0.122. The van der Waals surface area contributed by atoms with Gasteiger partial charge in [0.25, 0.3) is 5.91 Å². The van der Waals surface area contributed by atoms with Crippen molar-refractivity contribution in [3.8, 4) is 11.8 Å². The molecule has 1 amide bonds. The molecule has 0 saturated heterocycles. The van der Waals surface area contributed by atoms with E-state index in [0.29, 0.717) is 11.8 Å². The lowest BCUT2D eigenvalue weighted by Gasteiger charge is -2.17. The molecule has 0 radical (unpaired) electrons. The minimum atomic E-state index is -0.295. The molecule has 1 aromatic carbocycles. The number of carbonyl (C=O) groups excluding carboxylic acids is 1. The summed E-state index contributed by atoms with van der Waals surface area (Å²) in [6.45, 7) is 5.22. The number of hydrogen-bond acceptors (Lipinski definition) is 4. The van der Waals surface area contributed by atoms with Crippen LogP contribution in [-0.4, -0.2) is 25.6 Å². The largest absolute Gasteiger partial charge is 0.484 e. The summed E-state index contributed by atoms with van der Waals surface area (Å²) in [4.78, 5) is 11.3. The molecule has 0 aliphatic heterocycles. The van der Waals surface area contributed by atoms with Crippen molar-refractivity contribution >= 4 is 5.91 Å². The topological polar surface area (TPSA) is 74.2 Å². The van der Waals surface area contributed by atoms with Gasteiger partial charge in [0.2, 0.25) is 0 Å². The maximum atomic E-state index is 11.3. The van der Waals surface area contributed by atoms with E-state index in [4.69, 9.17) is 10.00 Å². The Hall–Kier alpha value is -2.06. The highest BCUT2D eigenvalue weighted by molar-refractivity contribution is 5.77. The third kappa shape index (κ3) is 6.28. The van der Waals surface area contributed by atoms with Gasteiger partial charge in [-0.15, -0.1) is 0 Å². The van der Waals surface area contributed by atoms with Gasteiger partial charge in [-0.3, -0.25) is 4.79 Å². The van der Waals surface area contributed by atoms with Crippen molar-refractivity contribution in [3.05, 3.63) is 29.8 Å². The fourth-order valence-electron chi connectivity index (χ4n) is 1.95. The van der Waals surface area contributed by atoms with Gasteiger partial charge in [0, 0.05) is 6.04 Å². The van der Waals surface area contributed by atoms with Crippen LogP contribution in [-0.2, 0) is 4.79 Å². The van der Waals surface area contributed by atoms with Gasteiger partial charge >= 0.3 is 0 Å². The molecule has 1 atom stereocenters. The van der Waals surface area contributed by atoms with Crippen LogP contribution in [0.3, 0.4) is 0 Å². The number of rotatable bonds is 9. The standard InChI is InChI=1S/C16H23N3O2/c1-3-10-18-15(4-2)13-5-7-14(8-6-13)21-12-16(20)19-11-9-17/h5-8,15,18H,3-4,10-12H2,1-2H3,(H,19,20). The minimum absolute atomic E-state index is 0.00239. The van der Waals surface area contributed by atoms with Crippen LogP contribution >= 0.6 is 0 Å². The van der Waals surface area contributed by atoms with Crippen LogP contribution < -0.4 is 15.4 Å². The molecule has 0 spiro atoms. The van der Waals surface area contributed by atoms with Crippen LogP contribution in [0.4, 0.5) is 0 Å². The van der Waals surface area contributed by atoms with Crippen molar-refractivity contribution in [1.29, 1.82) is 5.26 Å². The molecule has 1 rings (SSSR count). The second-order valence-corrected chi connectivity index (χ2v) is 4.71. The molecule has 1 unspecified atom stereocenters. The van der Waals surface area contributed by atoms with Gasteiger partial charge in [-0.25, -0.2) is 0 Å². The lowest BCUT2D eigenvalue weighted by Crippen LogP contribution is -2.29. The molecule has 0 aromatic heterocycles. The molecule has 21 heavy (non-hydrogen) atoms.